The first-order valence-electron chi connectivity index (χ1n) is 9.52. The van der Waals surface area contributed by atoms with E-state index in [2.05, 4.69) is 26.7 Å². The molecule has 148 valence electrons. The van der Waals surface area contributed by atoms with Gasteiger partial charge in [-0.25, -0.2) is 9.37 Å². The molecule has 6 nitrogen and oxygen atoms in total. The molecule has 2 aromatic carbocycles. The van der Waals surface area contributed by atoms with Crippen molar-refractivity contribution in [3.05, 3.63) is 36.1 Å². The maximum atomic E-state index is 14.8. The number of benzene rings is 2. The quantitative estimate of drug-likeness (QED) is 0.729. The maximum Gasteiger partial charge on any atom is 0.161 e. The van der Waals surface area contributed by atoms with Gasteiger partial charge in [-0.3, -0.25) is 0 Å². The highest BCUT2D eigenvalue weighted by Crippen LogP contribution is 2.33. The summed E-state index contributed by atoms with van der Waals surface area (Å²) in [5, 5.41) is 0. The molecular weight excluding hydrogens is 359 g/mol. The van der Waals surface area contributed by atoms with E-state index >= 15 is 0 Å². The molecule has 28 heavy (non-hydrogen) atoms. The maximum absolute atomic E-state index is 14.8. The molecule has 3 aromatic rings. The average Bonchev–Trinajstić information content (AvgIpc) is 3.15. The van der Waals surface area contributed by atoms with Crippen LogP contribution in [0.4, 0.5) is 10.1 Å². The summed E-state index contributed by atoms with van der Waals surface area (Å²) in [5.41, 5.74) is 2.90. The van der Waals surface area contributed by atoms with E-state index in [0.29, 0.717) is 28.5 Å². The highest BCUT2D eigenvalue weighted by molar-refractivity contribution is 5.83. The third kappa shape index (κ3) is 3.38. The monoisotopic (exact) mass is 384 g/mol. The summed E-state index contributed by atoms with van der Waals surface area (Å²) in [6.07, 6.45) is 0. The van der Waals surface area contributed by atoms with Crippen LogP contribution in [0.2, 0.25) is 0 Å². The summed E-state index contributed by atoms with van der Waals surface area (Å²) in [4.78, 5) is 12.4. The van der Waals surface area contributed by atoms with Crippen molar-refractivity contribution in [2.75, 3.05) is 51.8 Å². The molecule has 0 saturated carbocycles. The molecule has 7 heteroatoms. The van der Waals surface area contributed by atoms with Crippen LogP contribution in [0.5, 0.6) is 11.5 Å². The smallest absolute Gasteiger partial charge is 0.161 e. The normalized spacial score (nSPS) is 15.2. The van der Waals surface area contributed by atoms with Gasteiger partial charge in [-0.05, 0) is 30.8 Å². The first-order valence-corrected chi connectivity index (χ1v) is 9.52. The molecule has 1 N–H and O–H groups in total. The van der Waals surface area contributed by atoms with Gasteiger partial charge in [-0.2, -0.15) is 0 Å². The van der Waals surface area contributed by atoms with E-state index in [4.69, 9.17) is 9.47 Å². The van der Waals surface area contributed by atoms with Crippen LogP contribution in [0.3, 0.4) is 0 Å². The predicted molar refractivity (Wildman–Crippen MR) is 109 cm³/mol. The van der Waals surface area contributed by atoms with Crippen LogP contribution >= 0.6 is 0 Å². The standard InChI is InChI=1S/C21H25FN4O2/c1-4-25-7-9-26(10-8-25)18-13-17-16(12-15(18)22)23-21(24-17)14-5-6-19(27-2)20(11-14)28-3/h5-6,11-13H,4,7-10H2,1-3H3,(H,23,24). The summed E-state index contributed by atoms with van der Waals surface area (Å²) in [5.74, 6) is 1.73. The lowest BCUT2D eigenvalue weighted by molar-refractivity contribution is 0.270. The zero-order valence-corrected chi connectivity index (χ0v) is 16.5. The number of piperazine rings is 1. The van der Waals surface area contributed by atoms with E-state index in [-0.39, 0.29) is 5.82 Å². The number of aromatic nitrogens is 2. The number of nitrogens with one attached hydrogen (secondary N) is 1. The van der Waals surface area contributed by atoms with Crippen molar-refractivity contribution in [2.45, 2.75) is 6.92 Å². The Balaban J connectivity index is 1.67. The van der Waals surface area contributed by atoms with Gasteiger partial charge in [0.15, 0.2) is 11.5 Å². The number of anilines is 1. The van der Waals surface area contributed by atoms with Crippen molar-refractivity contribution in [1.29, 1.82) is 0 Å². The van der Waals surface area contributed by atoms with Gasteiger partial charge in [-0.15, -0.1) is 0 Å². The highest BCUT2D eigenvalue weighted by Gasteiger charge is 2.20. The molecule has 1 aromatic heterocycles. The van der Waals surface area contributed by atoms with Gasteiger partial charge in [0.05, 0.1) is 30.9 Å². The number of hydrogen-bond donors (Lipinski definition) is 1. The van der Waals surface area contributed by atoms with Crippen LogP contribution in [0.25, 0.3) is 22.4 Å². The number of H-pyrrole nitrogens is 1. The lowest BCUT2D eigenvalue weighted by Crippen LogP contribution is -2.46. The molecule has 0 unspecified atom stereocenters. The van der Waals surface area contributed by atoms with Crippen LogP contribution in [0.15, 0.2) is 30.3 Å². The first-order chi connectivity index (χ1) is 13.6. The molecule has 1 aliphatic rings. The van der Waals surface area contributed by atoms with Crippen LogP contribution < -0.4 is 14.4 Å². The summed E-state index contributed by atoms with van der Waals surface area (Å²) >= 11 is 0. The molecule has 1 saturated heterocycles. The van der Waals surface area contributed by atoms with Crippen LogP contribution in [-0.4, -0.2) is 61.8 Å². The lowest BCUT2D eigenvalue weighted by Gasteiger charge is -2.35. The van der Waals surface area contributed by atoms with Crippen molar-refractivity contribution >= 4 is 16.7 Å². The van der Waals surface area contributed by atoms with E-state index in [0.717, 1.165) is 43.8 Å². The molecule has 0 bridgehead atoms. The summed E-state index contributed by atoms with van der Waals surface area (Å²) in [6.45, 7) is 6.73. The zero-order chi connectivity index (χ0) is 19.7. The van der Waals surface area contributed by atoms with E-state index in [1.165, 1.54) is 6.07 Å². The number of likely N-dealkylation sites (N-methyl/N-ethyl adjacent to an activating group) is 1. The number of imidazole rings is 1. The third-order valence-electron chi connectivity index (χ3n) is 5.37. The minimum absolute atomic E-state index is 0.222. The van der Waals surface area contributed by atoms with Gasteiger partial charge in [0.2, 0.25) is 0 Å². The van der Waals surface area contributed by atoms with Crippen molar-refractivity contribution in [1.82, 2.24) is 14.9 Å². The molecule has 1 fully saturated rings. The number of methoxy groups -OCH3 is 2. The minimum atomic E-state index is -0.222. The molecule has 4 rings (SSSR count). The molecule has 0 spiro atoms. The van der Waals surface area contributed by atoms with Crippen molar-refractivity contribution in [3.63, 3.8) is 0 Å². The van der Waals surface area contributed by atoms with Crippen LogP contribution in [0.1, 0.15) is 6.92 Å². The average molecular weight is 384 g/mol. The van der Waals surface area contributed by atoms with Gasteiger partial charge in [-0.1, -0.05) is 6.92 Å². The molecule has 0 radical (unpaired) electrons. The molecule has 0 aliphatic carbocycles. The van der Waals surface area contributed by atoms with E-state index in [1.807, 2.05) is 24.3 Å². The molecule has 0 amide bonds. The second-order valence-corrected chi connectivity index (χ2v) is 6.90. The van der Waals surface area contributed by atoms with Crippen molar-refractivity contribution in [2.24, 2.45) is 0 Å². The number of ether oxygens (including phenoxy) is 2. The molecule has 2 heterocycles. The fourth-order valence-corrected chi connectivity index (χ4v) is 3.69. The molecule has 0 atom stereocenters. The lowest BCUT2D eigenvalue weighted by atomic mass is 10.2. The SMILES string of the molecule is CCN1CCN(c2cc3nc(-c4ccc(OC)c(OC)c4)[nH]c3cc2F)CC1. The minimum Gasteiger partial charge on any atom is -0.493 e. The van der Waals surface area contributed by atoms with Gasteiger partial charge in [0, 0.05) is 37.8 Å². The fourth-order valence-electron chi connectivity index (χ4n) is 3.69. The summed E-state index contributed by atoms with van der Waals surface area (Å²) in [7, 11) is 3.20. The number of halogens is 1. The van der Waals surface area contributed by atoms with E-state index in [1.54, 1.807) is 14.2 Å². The van der Waals surface area contributed by atoms with Crippen LogP contribution in [-0.2, 0) is 0 Å². The van der Waals surface area contributed by atoms with E-state index < -0.39 is 0 Å². The topological polar surface area (TPSA) is 53.6 Å². The predicted octanol–water partition coefficient (Wildman–Crippen LogP) is 3.53. The Bertz CT molecular complexity index is 980. The largest absolute Gasteiger partial charge is 0.493 e. The summed E-state index contributed by atoms with van der Waals surface area (Å²) in [6, 6.07) is 8.97. The number of rotatable bonds is 5. The first kappa shape index (κ1) is 18.6. The van der Waals surface area contributed by atoms with E-state index in [9.17, 15) is 4.39 Å². The number of nitrogens with zero attached hydrogens (tertiary/aromatic N) is 3. The van der Waals surface area contributed by atoms with Crippen LogP contribution in [0, 0.1) is 5.82 Å². The Morgan fingerprint density at radius 1 is 1.04 bits per heavy atom. The van der Waals surface area contributed by atoms with Gasteiger partial charge in [0.1, 0.15) is 11.6 Å². The number of hydrogen-bond acceptors (Lipinski definition) is 5. The fraction of sp³-hybridized carbons (Fsp3) is 0.381. The highest BCUT2D eigenvalue weighted by atomic mass is 19.1. The number of aromatic amines is 1. The Hall–Kier alpha value is -2.80. The Kier molecular flexibility index (Phi) is 5.09. The van der Waals surface area contributed by atoms with Crippen molar-refractivity contribution in [3.8, 4) is 22.9 Å². The third-order valence-corrected chi connectivity index (χ3v) is 5.37. The molecule has 1 aliphatic heterocycles. The zero-order valence-electron chi connectivity index (χ0n) is 16.5. The Labute approximate surface area is 163 Å². The van der Waals surface area contributed by atoms with Gasteiger partial charge < -0.3 is 24.3 Å². The Morgan fingerprint density at radius 3 is 2.46 bits per heavy atom. The summed E-state index contributed by atoms with van der Waals surface area (Å²) < 4.78 is 25.4. The Morgan fingerprint density at radius 2 is 1.79 bits per heavy atom. The second-order valence-electron chi connectivity index (χ2n) is 6.90. The number of fused-ring (bicyclic) bond motifs is 1. The van der Waals surface area contributed by atoms with Gasteiger partial charge in [0.25, 0.3) is 0 Å². The molecular formula is C21H25FN4O2. The van der Waals surface area contributed by atoms with Gasteiger partial charge >= 0.3 is 0 Å². The van der Waals surface area contributed by atoms with Crippen molar-refractivity contribution < 1.29 is 13.9 Å². The second kappa shape index (κ2) is 7.67.